The molecular formula is C30H46N2O4. The first-order chi connectivity index (χ1) is 17.0. The Morgan fingerprint density at radius 2 is 1.64 bits per heavy atom. The van der Waals surface area contributed by atoms with Gasteiger partial charge in [-0.15, -0.1) is 0 Å². The van der Waals surface area contributed by atoms with Gasteiger partial charge in [-0.1, -0.05) is 40.7 Å². The maximum absolute atomic E-state index is 12.7. The zero-order valence-corrected chi connectivity index (χ0v) is 22.8. The Bertz CT molecular complexity index is 960. The summed E-state index contributed by atoms with van der Waals surface area (Å²) in [6.07, 6.45) is 7.53. The summed E-state index contributed by atoms with van der Waals surface area (Å²) in [7, 11) is 0. The molecule has 36 heavy (non-hydrogen) atoms. The van der Waals surface area contributed by atoms with E-state index in [0.29, 0.717) is 48.2 Å². The first-order valence-electron chi connectivity index (χ1n) is 14.1. The van der Waals surface area contributed by atoms with Crippen molar-refractivity contribution in [2.24, 2.45) is 40.6 Å². The molecule has 3 aliphatic rings. The molecule has 7 atom stereocenters. The van der Waals surface area contributed by atoms with Crippen molar-refractivity contribution >= 4 is 11.9 Å². The van der Waals surface area contributed by atoms with Gasteiger partial charge in [0.05, 0.1) is 0 Å². The summed E-state index contributed by atoms with van der Waals surface area (Å²) in [5.74, 6) is 2.39. The summed E-state index contributed by atoms with van der Waals surface area (Å²) in [4.78, 5) is 25.1. The Balaban J connectivity index is 1.43. The normalized spacial score (nSPS) is 30.8. The number of carbonyl (C=O) groups is 2. The molecule has 2 saturated carbocycles. The van der Waals surface area contributed by atoms with E-state index in [1.807, 2.05) is 6.07 Å². The molecule has 4 rings (SSSR count). The highest BCUT2D eigenvalue weighted by molar-refractivity contribution is 5.78. The van der Waals surface area contributed by atoms with Gasteiger partial charge in [-0.05, 0) is 104 Å². The molecule has 0 heterocycles. The highest BCUT2D eigenvalue weighted by Gasteiger charge is 2.56. The lowest BCUT2D eigenvalue weighted by Gasteiger charge is -2.50. The third-order valence-electron chi connectivity index (χ3n) is 9.14. The molecule has 0 aliphatic heterocycles. The summed E-state index contributed by atoms with van der Waals surface area (Å²) in [6.45, 7) is 10.6. The Morgan fingerprint density at radius 1 is 0.972 bits per heavy atom. The Kier molecular flexibility index (Phi) is 8.16. The zero-order chi connectivity index (χ0) is 26.2. The molecule has 3 unspecified atom stereocenters. The number of nitrogens with two attached hydrogens (primary N) is 2. The van der Waals surface area contributed by atoms with Crippen LogP contribution in [0.15, 0.2) is 18.2 Å². The maximum Gasteiger partial charge on any atom is 0.328 e. The van der Waals surface area contributed by atoms with Gasteiger partial charge < -0.3 is 20.9 Å². The molecule has 1 aromatic rings. The van der Waals surface area contributed by atoms with Crippen molar-refractivity contribution in [2.75, 3.05) is 0 Å². The fraction of sp³-hybridized carbons (Fsp3) is 0.733. The molecule has 0 saturated heterocycles. The van der Waals surface area contributed by atoms with E-state index in [2.05, 4.69) is 46.8 Å². The molecule has 6 heteroatoms. The van der Waals surface area contributed by atoms with E-state index in [1.165, 1.54) is 11.1 Å². The number of aryl methyl sites for hydroxylation is 1. The number of carbonyl (C=O) groups excluding carboxylic acids is 2. The summed E-state index contributed by atoms with van der Waals surface area (Å²) in [5, 5.41) is 0. The Labute approximate surface area is 216 Å². The van der Waals surface area contributed by atoms with Crippen LogP contribution in [0.1, 0.15) is 96.6 Å². The molecule has 200 valence electrons. The number of rotatable bonds is 8. The predicted molar refractivity (Wildman–Crippen MR) is 141 cm³/mol. The van der Waals surface area contributed by atoms with Gasteiger partial charge in [0.1, 0.15) is 23.9 Å². The van der Waals surface area contributed by atoms with Crippen LogP contribution in [-0.2, 0) is 20.7 Å². The van der Waals surface area contributed by atoms with Gasteiger partial charge in [-0.25, -0.2) is 4.79 Å². The fourth-order valence-corrected chi connectivity index (χ4v) is 7.40. The highest BCUT2D eigenvalue weighted by atomic mass is 16.5. The zero-order valence-electron chi connectivity index (χ0n) is 22.8. The lowest BCUT2D eigenvalue weighted by molar-refractivity contribution is -0.159. The lowest BCUT2D eigenvalue weighted by atomic mass is 9.55. The van der Waals surface area contributed by atoms with E-state index >= 15 is 0 Å². The van der Waals surface area contributed by atoms with Gasteiger partial charge in [0.2, 0.25) is 0 Å². The molecule has 0 amide bonds. The van der Waals surface area contributed by atoms with Crippen LogP contribution in [0.2, 0.25) is 0 Å². The highest BCUT2D eigenvalue weighted by Crippen LogP contribution is 2.61. The first kappa shape index (κ1) is 27.1. The second-order valence-electron chi connectivity index (χ2n) is 12.7. The number of ether oxygens (including phenoxy) is 2. The molecule has 0 aromatic heterocycles. The quantitative estimate of drug-likeness (QED) is 0.381. The van der Waals surface area contributed by atoms with Crippen molar-refractivity contribution in [3.05, 3.63) is 29.3 Å². The minimum absolute atomic E-state index is 0.0217. The molecule has 2 fully saturated rings. The van der Waals surface area contributed by atoms with E-state index in [-0.39, 0.29) is 23.5 Å². The van der Waals surface area contributed by atoms with Gasteiger partial charge >= 0.3 is 11.9 Å². The molecule has 3 aliphatic carbocycles. The third-order valence-corrected chi connectivity index (χ3v) is 9.14. The molecule has 0 radical (unpaired) electrons. The number of hydrogen-bond donors (Lipinski definition) is 2. The van der Waals surface area contributed by atoms with Crippen molar-refractivity contribution in [1.29, 1.82) is 0 Å². The molecule has 4 N–H and O–H groups in total. The number of benzene rings is 1. The standard InChI is InChI=1S/C30H46N2O4/c1-17(2)14-25(31)28(33)35-20-7-9-21-19(16-20)6-8-23-22(21)12-13-30(5)24(23)10-11-27(30)36-29(34)26(32)15-18(3)4/h7,9,16-18,22-27H,6,8,10-15,31-32H2,1-5H3/t22?,23?,24?,25-,26+,27-,30-/m0/s1. The minimum atomic E-state index is -0.592. The van der Waals surface area contributed by atoms with Crippen LogP contribution in [-0.4, -0.2) is 30.1 Å². The second-order valence-corrected chi connectivity index (χ2v) is 12.7. The van der Waals surface area contributed by atoms with Crippen LogP contribution < -0.4 is 16.2 Å². The van der Waals surface area contributed by atoms with Crippen LogP contribution >= 0.6 is 0 Å². The fourth-order valence-electron chi connectivity index (χ4n) is 7.40. The summed E-state index contributed by atoms with van der Waals surface area (Å²) >= 11 is 0. The molecular weight excluding hydrogens is 452 g/mol. The molecule has 0 spiro atoms. The van der Waals surface area contributed by atoms with Crippen LogP contribution in [0.5, 0.6) is 5.75 Å². The van der Waals surface area contributed by atoms with E-state index in [4.69, 9.17) is 20.9 Å². The predicted octanol–water partition coefficient (Wildman–Crippen LogP) is 5.11. The average Bonchev–Trinajstić information content (AvgIpc) is 3.13. The van der Waals surface area contributed by atoms with Gasteiger partial charge in [-0.2, -0.15) is 0 Å². The SMILES string of the molecule is CC(C)C[C@@H](N)C(=O)O[C@H]1CCC2C3CCc4cc(OC(=O)[C@@H](N)CC(C)C)ccc4C3CC[C@@]21C. The monoisotopic (exact) mass is 498 g/mol. The average molecular weight is 499 g/mol. The van der Waals surface area contributed by atoms with Crippen LogP contribution in [0.4, 0.5) is 0 Å². The number of esters is 2. The largest absolute Gasteiger partial charge is 0.461 e. The smallest absolute Gasteiger partial charge is 0.328 e. The molecule has 0 bridgehead atoms. The van der Waals surface area contributed by atoms with Gasteiger partial charge in [0.15, 0.2) is 0 Å². The van der Waals surface area contributed by atoms with Crippen LogP contribution in [0.25, 0.3) is 0 Å². The summed E-state index contributed by atoms with van der Waals surface area (Å²) in [5.41, 5.74) is 14.9. The van der Waals surface area contributed by atoms with Crippen LogP contribution in [0.3, 0.4) is 0 Å². The molecule has 6 nitrogen and oxygen atoms in total. The van der Waals surface area contributed by atoms with Crippen molar-refractivity contribution in [3.8, 4) is 5.75 Å². The van der Waals surface area contributed by atoms with Crippen molar-refractivity contribution < 1.29 is 19.1 Å². The third kappa shape index (κ3) is 5.50. The van der Waals surface area contributed by atoms with E-state index < -0.39 is 12.1 Å². The topological polar surface area (TPSA) is 105 Å². The molecule has 1 aromatic carbocycles. The number of hydrogen-bond acceptors (Lipinski definition) is 6. The van der Waals surface area contributed by atoms with Gasteiger partial charge in [0.25, 0.3) is 0 Å². The summed E-state index contributed by atoms with van der Waals surface area (Å²) < 4.78 is 11.7. The number of fused-ring (bicyclic) bond motifs is 5. The van der Waals surface area contributed by atoms with Gasteiger partial charge in [-0.3, -0.25) is 4.79 Å². The van der Waals surface area contributed by atoms with Crippen molar-refractivity contribution in [2.45, 2.75) is 110 Å². The van der Waals surface area contributed by atoms with E-state index in [1.54, 1.807) is 0 Å². The maximum atomic E-state index is 12.7. The van der Waals surface area contributed by atoms with Crippen molar-refractivity contribution in [3.63, 3.8) is 0 Å². The first-order valence-corrected chi connectivity index (χ1v) is 14.1. The van der Waals surface area contributed by atoms with Crippen molar-refractivity contribution in [1.82, 2.24) is 0 Å². The van der Waals surface area contributed by atoms with Gasteiger partial charge in [0, 0.05) is 5.41 Å². The second kappa shape index (κ2) is 10.8. The van der Waals surface area contributed by atoms with E-state index in [9.17, 15) is 9.59 Å². The Morgan fingerprint density at radius 3 is 2.31 bits per heavy atom. The van der Waals surface area contributed by atoms with E-state index in [0.717, 1.165) is 38.5 Å². The van der Waals surface area contributed by atoms with Crippen LogP contribution in [0, 0.1) is 29.1 Å². The minimum Gasteiger partial charge on any atom is -0.461 e. The summed E-state index contributed by atoms with van der Waals surface area (Å²) in [6, 6.07) is 5.03. The lowest BCUT2D eigenvalue weighted by Crippen LogP contribution is -2.46. The Hall–Kier alpha value is -1.92.